The van der Waals surface area contributed by atoms with Crippen molar-refractivity contribution in [2.24, 2.45) is 11.7 Å². The van der Waals surface area contributed by atoms with Crippen molar-refractivity contribution in [3.05, 3.63) is 23.9 Å². The summed E-state index contributed by atoms with van der Waals surface area (Å²) in [5.74, 6) is 1.21. The van der Waals surface area contributed by atoms with Crippen molar-refractivity contribution in [2.45, 2.75) is 51.5 Å². The molecule has 2 heterocycles. The van der Waals surface area contributed by atoms with Gasteiger partial charge in [0.2, 0.25) is 0 Å². The zero-order valence-corrected chi connectivity index (χ0v) is 15.4. The molecule has 4 N–H and O–H groups in total. The number of aromatic nitrogens is 3. The van der Waals surface area contributed by atoms with Crippen LogP contribution in [0.15, 0.2) is 18.1 Å². The first-order valence-electron chi connectivity index (χ1n) is 9.58. The van der Waals surface area contributed by atoms with Gasteiger partial charge in [-0.1, -0.05) is 19.4 Å². The van der Waals surface area contributed by atoms with Gasteiger partial charge in [0.1, 0.15) is 12.0 Å². The molecule has 0 spiro atoms. The summed E-state index contributed by atoms with van der Waals surface area (Å²) in [4.78, 5) is 21.1. The molecule has 0 bridgehead atoms. The summed E-state index contributed by atoms with van der Waals surface area (Å²) in [6, 6.07) is 0.289. The lowest BCUT2D eigenvalue weighted by Crippen LogP contribution is -2.54. The minimum Gasteiger partial charge on any atom is -0.333 e. The van der Waals surface area contributed by atoms with E-state index in [9.17, 15) is 4.79 Å². The number of piperazine rings is 1. The number of nitrogens with two attached hydrogens (primary N) is 1. The van der Waals surface area contributed by atoms with Crippen LogP contribution >= 0.6 is 0 Å². The number of rotatable bonds is 5. The molecule has 8 nitrogen and oxygen atoms in total. The highest BCUT2D eigenvalue weighted by molar-refractivity contribution is 6.03. The van der Waals surface area contributed by atoms with E-state index < -0.39 is 0 Å². The summed E-state index contributed by atoms with van der Waals surface area (Å²) in [5.41, 5.74) is 6.39. The van der Waals surface area contributed by atoms with Crippen molar-refractivity contribution in [1.82, 2.24) is 25.0 Å². The Morgan fingerprint density at radius 2 is 2.15 bits per heavy atom. The highest BCUT2D eigenvalue weighted by Gasteiger charge is 2.36. The highest BCUT2D eigenvalue weighted by atomic mass is 16.2. The maximum Gasteiger partial charge on any atom is 0.270 e. The van der Waals surface area contributed by atoms with Crippen LogP contribution in [0.3, 0.4) is 0 Å². The van der Waals surface area contributed by atoms with E-state index in [1.165, 1.54) is 6.33 Å². The van der Waals surface area contributed by atoms with Gasteiger partial charge in [0.15, 0.2) is 11.7 Å². The number of H-pyrrole nitrogens is 1. The average molecular weight is 359 g/mol. The summed E-state index contributed by atoms with van der Waals surface area (Å²) in [5, 5.41) is 15.0. The molecule has 2 fully saturated rings. The van der Waals surface area contributed by atoms with Crippen LogP contribution in [0.4, 0.5) is 0 Å². The predicted octanol–water partition coefficient (Wildman–Crippen LogP) is 1.48. The topological polar surface area (TPSA) is 115 Å². The fourth-order valence-corrected chi connectivity index (χ4v) is 3.89. The Kier molecular flexibility index (Phi) is 6.03. The van der Waals surface area contributed by atoms with Gasteiger partial charge in [-0.05, 0) is 44.6 Å². The molecular weight excluding hydrogens is 330 g/mol. The number of carbonyl (C=O) groups excluding carboxylic acids is 1. The van der Waals surface area contributed by atoms with E-state index in [0.717, 1.165) is 45.1 Å². The van der Waals surface area contributed by atoms with Crippen molar-refractivity contribution in [3.63, 3.8) is 0 Å². The lowest BCUT2D eigenvalue weighted by Gasteiger charge is -2.43. The third-order valence-electron chi connectivity index (χ3n) is 5.46. The molecule has 1 aromatic rings. The minimum atomic E-state index is 0.0326. The van der Waals surface area contributed by atoms with Crippen molar-refractivity contribution in [3.8, 4) is 0 Å². The third kappa shape index (κ3) is 3.80. The van der Waals surface area contributed by atoms with Gasteiger partial charge in [-0.15, -0.1) is 0 Å². The third-order valence-corrected chi connectivity index (χ3v) is 5.46. The second-order valence-corrected chi connectivity index (χ2v) is 7.12. The zero-order chi connectivity index (χ0) is 18.5. The molecule has 26 heavy (non-hydrogen) atoms. The van der Waals surface area contributed by atoms with E-state index in [1.54, 1.807) is 4.90 Å². The second-order valence-electron chi connectivity index (χ2n) is 7.12. The predicted molar refractivity (Wildman–Crippen MR) is 99.4 cm³/mol. The summed E-state index contributed by atoms with van der Waals surface area (Å²) in [6.07, 6.45) is 9.35. The van der Waals surface area contributed by atoms with Gasteiger partial charge in [-0.3, -0.25) is 15.3 Å². The lowest BCUT2D eigenvalue weighted by molar-refractivity contribution is -0.133. The van der Waals surface area contributed by atoms with Crippen LogP contribution in [0.25, 0.3) is 0 Å². The Morgan fingerprint density at radius 1 is 1.38 bits per heavy atom. The van der Waals surface area contributed by atoms with Crippen LogP contribution in [-0.4, -0.2) is 62.4 Å². The Labute approximate surface area is 154 Å². The number of allylic oxidation sites excluding steroid dienone is 1. The number of hydrogen-bond acceptors (Lipinski definition) is 5. The van der Waals surface area contributed by atoms with E-state index in [-0.39, 0.29) is 17.8 Å². The smallest absolute Gasteiger partial charge is 0.270 e. The van der Waals surface area contributed by atoms with Gasteiger partial charge in [-0.25, -0.2) is 4.98 Å². The SMILES string of the molecule is CCC/C=C1\C(=O)N(C2CCC(CN)CC2)CCN1C(=N)c1ncn[nH]1. The number of unbranched alkanes of at least 4 members (excludes halogenated alkanes) is 1. The summed E-state index contributed by atoms with van der Waals surface area (Å²) >= 11 is 0. The van der Waals surface area contributed by atoms with Crippen LogP contribution in [0.5, 0.6) is 0 Å². The number of aromatic amines is 1. The van der Waals surface area contributed by atoms with Crippen molar-refractivity contribution in [2.75, 3.05) is 19.6 Å². The minimum absolute atomic E-state index is 0.0326. The first-order valence-corrected chi connectivity index (χ1v) is 9.58. The van der Waals surface area contributed by atoms with Crippen molar-refractivity contribution < 1.29 is 4.79 Å². The number of carbonyl (C=O) groups is 1. The van der Waals surface area contributed by atoms with E-state index >= 15 is 0 Å². The molecule has 0 aromatic carbocycles. The summed E-state index contributed by atoms with van der Waals surface area (Å²) in [6.45, 7) is 4.07. The van der Waals surface area contributed by atoms with Crippen LogP contribution in [0.1, 0.15) is 51.3 Å². The summed E-state index contributed by atoms with van der Waals surface area (Å²) in [7, 11) is 0. The Hall–Kier alpha value is -2.22. The fraction of sp³-hybridized carbons (Fsp3) is 0.667. The number of nitrogens with zero attached hydrogens (tertiary/aromatic N) is 4. The molecule has 0 atom stereocenters. The maximum atomic E-state index is 13.2. The molecule has 1 amide bonds. The van der Waals surface area contributed by atoms with Gasteiger partial charge in [0.25, 0.3) is 5.91 Å². The molecule has 8 heteroatoms. The molecule has 0 unspecified atom stereocenters. The quantitative estimate of drug-likeness (QED) is 0.418. The first-order chi connectivity index (χ1) is 12.7. The van der Waals surface area contributed by atoms with E-state index in [2.05, 4.69) is 22.1 Å². The van der Waals surface area contributed by atoms with E-state index in [0.29, 0.717) is 30.5 Å². The standard InChI is InChI=1S/C18H29N7O/c1-2-3-4-15-18(26)24(14-7-5-13(11-19)6-8-14)9-10-25(15)16(20)17-21-12-22-23-17/h4,12-14,20H,2-3,5-11,19H2,1H3,(H,21,22,23)/b15-4+,20-16?. The van der Waals surface area contributed by atoms with Gasteiger partial charge >= 0.3 is 0 Å². The number of amidine groups is 1. The molecule has 142 valence electrons. The fourth-order valence-electron chi connectivity index (χ4n) is 3.89. The highest BCUT2D eigenvalue weighted by Crippen LogP contribution is 2.30. The molecule has 2 aliphatic rings. The molecule has 1 aliphatic carbocycles. The van der Waals surface area contributed by atoms with Crippen LogP contribution < -0.4 is 5.73 Å². The second kappa shape index (κ2) is 8.44. The van der Waals surface area contributed by atoms with Crippen LogP contribution in [-0.2, 0) is 4.79 Å². The number of amides is 1. The molecule has 1 saturated heterocycles. The molecule has 1 aliphatic heterocycles. The molecule has 3 rings (SSSR count). The largest absolute Gasteiger partial charge is 0.333 e. The van der Waals surface area contributed by atoms with Crippen molar-refractivity contribution >= 4 is 11.7 Å². The molecular formula is C18H29N7O. The zero-order valence-electron chi connectivity index (χ0n) is 15.4. The Bertz CT molecular complexity index is 647. The van der Waals surface area contributed by atoms with E-state index in [4.69, 9.17) is 11.1 Å². The van der Waals surface area contributed by atoms with E-state index in [1.807, 2.05) is 11.0 Å². The first kappa shape index (κ1) is 18.6. The number of nitrogens with one attached hydrogen (secondary N) is 2. The van der Waals surface area contributed by atoms with Gasteiger partial charge < -0.3 is 15.5 Å². The van der Waals surface area contributed by atoms with Crippen LogP contribution in [0, 0.1) is 11.3 Å². The Balaban J connectivity index is 1.76. The molecule has 0 radical (unpaired) electrons. The van der Waals surface area contributed by atoms with Gasteiger partial charge in [-0.2, -0.15) is 5.10 Å². The lowest BCUT2D eigenvalue weighted by atomic mass is 9.85. The van der Waals surface area contributed by atoms with Gasteiger partial charge in [0.05, 0.1) is 0 Å². The van der Waals surface area contributed by atoms with Crippen LogP contribution in [0.2, 0.25) is 0 Å². The molecule has 1 saturated carbocycles. The molecule has 1 aromatic heterocycles. The normalized spacial score (nSPS) is 25.8. The summed E-state index contributed by atoms with van der Waals surface area (Å²) < 4.78 is 0. The van der Waals surface area contributed by atoms with Gasteiger partial charge in [0, 0.05) is 19.1 Å². The maximum absolute atomic E-state index is 13.2. The average Bonchev–Trinajstić information content (AvgIpc) is 3.21. The number of hydrogen-bond donors (Lipinski definition) is 3. The Morgan fingerprint density at radius 3 is 2.77 bits per heavy atom. The monoisotopic (exact) mass is 359 g/mol. The van der Waals surface area contributed by atoms with Crippen molar-refractivity contribution in [1.29, 1.82) is 5.41 Å².